The van der Waals surface area contributed by atoms with Crippen molar-refractivity contribution >= 4 is 29.5 Å². The minimum absolute atomic E-state index is 0. The van der Waals surface area contributed by atoms with Crippen LogP contribution in [0, 0.1) is 41.7 Å². The van der Waals surface area contributed by atoms with Crippen LogP contribution in [-0.4, -0.2) is 41.6 Å². The van der Waals surface area contributed by atoms with E-state index in [0.29, 0.717) is 12.1 Å². The number of aliphatic hydroxyl groups excluding tert-OH is 1. The van der Waals surface area contributed by atoms with Crippen LogP contribution in [0.4, 0.5) is 13.2 Å². The summed E-state index contributed by atoms with van der Waals surface area (Å²) in [4.78, 5) is 20.0. The van der Waals surface area contributed by atoms with E-state index in [1.165, 1.54) is 12.1 Å². The number of carbonyl (C=O) groups is 1. The number of aliphatic imine (C=N–C) groups is 2. The van der Waals surface area contributed by atoms with E-state index in [-0.39, 0.29) is 52.7 Å². The monoisotopic (exact) mass is 522 g/mol. The second-order valence-electron chi connectivity index (χ2n) is 5.43. The molecule has 0 spiro atoms. The summed E-state index contributed by atoms with van der Waals surface area (Å²) in [5, 5.41) is 10.0. The molecule has 1 aromatic rings. The predicted octanol–water partition coefficient (Wildman–Crippen LogP) is 4.72. The summed E-state index contributed by atoms with van der Waals surface area (Å²) < 4.78 is 35.4. The first-order valence-corrected chi connectivity index (χ1v) is 8.68. The van der Waals surface area contributed by atoms with Crippen LogP contribution in [0.5, 0.6) is 0 Å². The first-order valence-electron chi connectivity index (χ1n) is 7.80. The Morgan fingerprint density at radius 3 is 2.07 bits per heavy atom. The summed E-state index contributed by atoms with van der Waals surface area (Å²) in [5.41, 5.74) is 0. The van der Waals surface area contributed by atoms with Gasteiger partial charge in [-0.05, 0) is 36.4 Å². The molecule has 0 saturated carbocycles. The number of halogens is 3. The van der Waals surface area contributed by atoms with Crippen molar-refractivity contribution in [2.45, 2.75) is 31.1 Å². The van der Waals surface area contributed by atoms with Gasteiger partial charge in [0.15, 0.2) is 5.78 Å². The maximum absolute atomic E-state index is 11.8. The van der Waals surface area contributed by atoms with Crippen LogP contribution in [-0.2, 0) is 0 Å². The molecular weight excluding hydrogens is 505 g/mol. The van der Waals surface area contributed by atoms with E-state index in [2.05, 4.69) is 22.1 Å². The van der Waals surface area contributed by atoms with Crippen LogP contribution < -0.4 is 0 Å². The predicted molar refractivity (Wildman–Crippen MR) is 97.5 cm³/mol. The average Bonchev–Trinajstić information content (AvgIpc) is 3.18. The Bertz CT molecular complexity index is 725. The van der Waals surface area contributed by atoms with Crippen molar-refractivity contribution in [3.05, 3.63) is 58.5 Å². The van der Waals surface area contributed by atoms with Crippen molar-refractivity contribution in [1.82, 2.24) is 0 Å². The third kappa shape index (κ3) is 8.20. The van der Waals surface area contributed by atoms with Gasteiger partial charge in [-0.3, -0.25) is 14.8 Å². The van der Waals surface area contributed by atoms with Crippen molar-refractivity contribution in [3.63, 3.8) is 0 Å². The zero-order valence-electron chi connectivity index (χ0n) is 14.1. The van der Waals surface area contributed by atoms with Gasteiger partial charge in [-0.2, -0.15) is 13.2 Å². The largest absolute Gasteiger partial charge is 0.504 e. The number of rotatable bonds is 3. The molecule has 9 heteroatoms. The van der Waals surface area contributed by atoms with Crippen molar-refractivity contribution < 1.29 is 64.8 Å². The second kappa shape index (κ2) is 11.7. The fourth-order valence-corrected chi connectivity index (χ4v) is 2.84. The molecule has 0 aromatic carbocycles. The van der Waals surface area contributed by atoms with Crippen LogP contribution >= 0.6 is 11.3 Å². The Hall–Kier alpha value is -1.10. The molecule has 1 aromatic heterocycles. The van der Waals surface area contributed by atoms with E-state index in [4.69, 9.17) is 5.11 Å². The van der Waals surface area contributed by atoms with E-state index in [1.54, 1.807) is 5.38 Å². The summed E-state index contributed by atoms with van der Waals surface area (Å²) >= 11 is 1.01. The van der Waals surface area contributed by atoms with Gasteiger partial charge >= 0.3 is 6.18 Å². The average molecular weight is 523 g/mol. The maximum Gasteiger partial charge on any atom is 0.448 e. The van der Waals surface area contributed by atoms with Crippen molar-refractivity contribution in [2.75, 3.05) is 0 Å². The van der Waals surface area contributed by atoms with Gasteiger partial charge in [-0.1, -0.05) is 18.2 Å². The quantitative estimate of drug-likeness (QED) is 0.355. The van der Waals surface area contributed by atoms with Crippen molar-refractivity contribution in [2.24, 2.45) is 9.98 Å². The summed E-state index contributed by atoms with van der Waals surface area (Å²) in [6.45, 7) is 0. The van der Waals surface area contributed by atoms with E-state index >= 15 is 0 Å². The zero-order chi connectivity index (χ0) is 19.0. The molecule has 2 atom stereocenters. The third-order valence-corrected chi connectivity index (χ3v) is 4.41. The molecule has 2 unspecified atom stereocenters. The topological polar surface area (TPSA) is 62.0 Å². The molecule has 0 radical (unpaired) electrons. The smallest absolute Gasteiger partial charge is 0.448 e. The van der Waals surface area contributed by atoms with E-state index < -0.39 is 17.7 Å². The van der Waals surface area contributed by atoms with Crippen LogP contribution in [0.25, 0.3) is 0 Å². The minimum Gasteiger partial charge on any atom is -0.504 e. The number of carbonyl (C=O) groups excluding carboxylic acids is 1. The molecular formula is C18H17CeF3N2O2S. The number of hydrogen-bond donors (Lipinski definition) is 1. The van der Waals surface area contributed by atoms with E-state index in [9.17, 15) is 18.0 Å². The molecule has 2 aliphatic heterocycles. The van der Waals surface area contributed by atoms with E-state index in [1.807, 2.05) is 24.6 Å². The summed E-state index contributed by atoms with van der Waals surface area (Å²) in [5.74, 6) is -2.73. The van der Waals surface area contributed by atoms with Gasteiger partial charge in [0.25, 0.3) is 0 Å². The van der Waals surface area contributed by atoms with Crippen molar-refractivity contribution in [3.8, 4) is 0 Å². The minimum atomic E-state index is -4.87. The van der Waals surface area contributed by atoms with Crippen LogP contribution in [0.15, 0.2) is 63.6 Å². The van der Waals surface area contributed by atoms with Crippen LogP contribution in [0.2, 0.25) is 0 Å². The summed E-state index contributed by atoms with van der Waals surface area (Å²) in [6, 6.07) is 3.66. The molecule has 27 heavy (non-hydrogen) atoms. The van der Waals surface area contributed by atoms with Crippen LogP contribution in [0.3, 0.4) is 0 Å². The number of hydrogen-bond acceptors (Lipinski definition) is 5. The van der Waals surface area contributed by atoms with Gasteiger partial charge in [0.2, 0.25) is 5.76 Å². The maximum atomic E-state index is 11.8. The summed E-state index contributed by atoms with van der Waals surface area (Å²) in [7, 11) is 0. The fourth-order valence-electron chi connectivity index (χ4n) is 2.21. The molecule has 0 saturated heterocycles. The van der Waals surface area contributed by atoms with Gasteiger partial charge in [0, 0.05) is 60.3 Å². The summed E-state index contributed by atoms with van der Waals surface area (Å²) in [6.07, 6.45) is 9.44. The van der Waals surface area contributed by atoms with Crippen LogP contribution in [0.1, 0.15) is 22.5 Å². The van der Waals surface area contributed by atoms with Gasteiger partial charge in [0.1, 0.15) is 0 Å². The number of nitrogens with zero attached hydrogens (tertiary/aromatic N) is 2. The molecule has 0 aliphatic carbocycles. The second-order valence-corrected chi connectivity index (χ2v) is 6.38. The Morgan fingerprint density at radius 1 is 1.15 bits per heavy atom. The van der Waals surface area contributed by atoms with E-state index in [0.717, 1.165) is 24.2 Å². The number of dihydropyridines is 2. The molecule has 4 nitrogen and oxygen atoms in total. The Kier molecular flexibility index (Phi) is 10.3. The first kappa shape index (κ1) is 23.9. The van der Waals surface area contributed by atoms with Gasteiger partial charge in [-0.15, -0.1) is 11.3 Å². The molecule has 3 heterocycles. The van der Waals surface area contributed by atoms with Gasteiger partial charge in [-0.25, -0.2) is 0 Å². The molecule has 142 valence electrons. The normalized spacial score (nSPS) is 21.2. The number of ketones is 1. The number of aliphatic hydroxyl groups is 1. The molecule has 2 aliphatic rings. The third-order valence-electron chi connectivity index (χ3n) is 3.52. The Labute approximate surface area is 192 Å². The van der Waals surface area contributed by atoms with Crippen molar-refractivity contribution in [1.29, 1.82) is 0 Å². The Balaban J connectivity index is 0.000000262. The SMILES string of the molecule is C1=CCC(C2CC=CC=N2)N=C1.O=C(/C=C(\O)C(F)(F)F)c1cccs1.[Ce]. The standard InChI is InChI=1S/C10H12N2.C8H5F3O2S.Ce/c1-3-7-11-9(5-1)10-6-2-4-8-12-10;9-8(10,11)7(13)4-5(12)6-2-1-3-14-6;/h1-4,7-10H,5-6H2;1-4,13H;/b;7-4-;. The van der Waals surface area contributed by atoms with Gasteiger partial charge < -0.3 is 5.11 Å². The fraction of sp³-hybridized carbons (Fsp3) is 0.278. The number of alkyl halides is 3. The first-order chi connectivity index (χ1) is 12.4. The molecule has 0 bridgehead atoms. The molecule has 1 N–H and O–H groups in total. The molecule has 3 rings (SSSR count). The Morgan fingerprint density at radius 2 is 1.70 bits per heavy atom. The molecule has 0 amide bonds. The zero-order valence-corrected chi connectivity index (χ0v) is 18.1. The molecule has 0 fully saturated rings. The van der Waals surface area contributed by atoms with Gasteiger partial charge in [0.05, 0.1) is 17.0 Å². The number of allylic oxidation sites excluding steroid dienone is 4. The number of thiophene rings is 1.